The van der Waals surface area contributed by atoms with Gasteiger partial charge in [0.15, 0.2) is 0 Å². The Morgan fingerprint density at radius 3 is 2.44 bits per heavy atom. The third kappa shape index (κ3) is 3.18. The first-order chi connectivity index (χ1) is 12.2. The van der Waals surface area contributed by atoms with Gasteiger partial charge in [0.1, 0.15) is 11.6 Å². The van der Waals surface area contributed by atoms with Crippen molar-refractivity contribution in [1.82, 2.24) is 9.55 Å². The number of hydrogen-bond donors (Lipinski definition) is 0. The van der Waals surface area contributed by atoms with Gasteiger partial charge in [0.05, 0.1) is 11.0 Å². The summed E-state index contributed by atoms with van der Waals surface area (Å²) < 4.78 is 15.5. The van der Waals surface area contributed by atoms with Crippen molar-refractivity contribution in [1.29, 1.82) is 0 Å². The molecular weight excluding hydrogens is 311 g/mol. The third-order valence-corrected chi connectivity index (χ3v) is 4.47. The standard InChI is InChI=1S/C22H19FN2/c1-16-7-12-21-20(15-16)24-22(18-8-10-19(23)11-9-18)25(21)14-13-17-5-3-2-4-6-17/h2-12,15H,13-14H2,1H3. The van der Waals surface area contributed by atoms with Crippen molar-refractivity contribution < 1.29 is 4.39 Å². The molecule has 0 N–H and O–H groups in total. The van der Waals surface area contributed by atoms with Crippen LogP contribution >= 0.6 is 0 Å². The fourth-order valence-electron chi connectivity index (χ4n) is 3.17. The third-order valence-electron chi connectivity index (χ3n) is 4.47. The number of rotatable bonds is 4. The molecule has 0 aliphatic carbocycles. The predicted molar refractivity (Wildman–Crippen MR) is 100 cm³/mol. The summed E-state index contributed by atoms with van der Waals surface area (Å²) in [6, 6.07) is 23.3. The van der Waals surface area contributed by atoms with Crippen molar-refractivity contribution in [3.8, 4) is 11.4 Å². The van der Waals surface area contributed by atoms with E-state index in [0.717, 1.165) is 35.4 Å². The highest BCUT2D eigenvalue weighted by atomic mass is 19.1. The minimum atomic E-state index is -0.230. The molecule has 0 radical (unpaired) electrons. The van der Waals surface area contributed by atoms with Crippen LogP contribution in [-0.2, 0) is 13.0 Å². The van der Waals surface area contributed by atoms with E-state index in [1.807, 2.05) is 6.07 Å². The molecule has 3 heteroatoms. The molecule has 0 amide bonds. The molecule has 0 aliphatic heterocycles. The Morgan fingerprint density at radius 1 is 0.920 bits per heavy atom. The Balaban J connectivity index is 1.79. The Labute approximate surface area is 146 Å². The van der Waals surface area contributed by atoms with Gasteiger partial charge in [-0.3, -0.25) is 0 Å². The minimum Gasteiger partial charge on any atom is -0.324 e. The first-order valence-electron chi connectivity index (χ1n) is 8.47. The molecule has 0 fully saturated rings. The van der Waals surface area contributed by atoms with Gasteiger partial charge in [0, 0.05) is 12.1 Å². The van der Waals surface area contributed by atoms with Crippen molar-refractivity contribution in [2.75, 3.05) is 0 Å². The molecule has 1 aromatic heterocycles. The van der Waals surface area contributed by atoms with E-state index in [4.69, 9.17) is 4.98 Å². The molecule has 0 atom stereocenters. The highest BCUT2D eigenvalue weighted by Gasteiger charge is 2.13. The Hall–Kier alpha value is -2.94. The summed E-state index contributed by atoms with van der Waals surface area (Å²) in [5, 5.41) is 0. The summed E-state index contributed by atoms with van der Waals surface area (Å²) in [5.74, 6) is 0.656. The zero-order valence-corrected chi connectivity index (χ0v) is 14.1. The average Bonchev–Trinajstić information content (AvgIpc) is 2.99. The van der Waals surface area contributed by atoms with Crippen LogP contribution in [0.2, 0.25) is 0 Å². The topological polar surface area (TPSA) is 17.8 Å². The monoisotopic (exact) mass is 330 g/mol. The van der Waals surface area contributed by atoms with E-state index in [1.54, 1.807) is 12.1 Å². The van der Waals surface area contributed by atoms with Crippen molar-refractivity contribution in [3.63, 3.8) is 0 Å². The van der Waals surface area contributed by atoms with Gasteiger partial charge in [-0.05, 0) is 60.9 Å². The largest absolute Gasteiger partial charge is 0.324 e. The molecule has 0 saturated heterocycles. The van der Waals surface area contributed by atoms with E-state index in [2.05, 4.69) is 54.0 Å². The van der Waals surface area contributed by atoms with Crippen LogP contribution in [0.3, 0.4) is 0 Å². The number of fused-ring (bicyclic) bond motifs is 1. The lowest BCUT2D eigenvalue weighted by atomic mass is 10.1. The van der Waals surface area contributed by atoms with Crippen molar-refractivity contribution in [2.45, 2.75) is 19.9 Å². The lowest BCUT2D eigenvalue weighted by Crippen LogP contribution is -2.03. The zero-order chi connectivity index (χ0) is 17.2. The normalized spacial score (nSPS) is 11.1. The molecule has 0 unspecified atom stereocenters. The molecule has 124 valence electrons. The number of benzene rings is 3. The summed E-state index contributed by atoms with van der Waals surface area (Å²) in [4.78, 5) is 4.83. The quantitative estimate of drug-likeness (QED) is 0.490. The van der Waals surface area contributed by atoms with Crippen LogP contribution in [0.25, 0.3) is 22.4 Å². The van der Waals surface area contributed by atoms with Crippen molar-refractivity contribution in [3.05, 3.63) is 89.7 Å². The lowest BCUT2D eigenvalue weighted by molar-refractivity contribution is 0.628. The number of imidazole rings is 1. The highest BCUT2D eigenvalue weighted by Crippen LogP contribution is 2.26. The fourth-order valence-corrected chi connectivity index (χ4v) is 3.17. The van der Waals surface area contributed by atoms with Crippen LogP contribution in [-0.4, -0.2) is 9.55 Å². The SMILES string of the molecule is Cc1ccc2c(c1)nc(-c1ccc(F)cc1)n2CCc1ccccc1. The first-order valence-corrected chi connectivity index (χ1v) is 8.47. The molecule has 0 saturated carbocycles. The van der Waals surface area contributed by atoms with Crippen LogP contribution in [0.4, 0.5) is 4.39 Å². The molecule has 0 aliphatic rings. The first kappa shape index (κ1) is 15.6. The van der Waals surface area contributed by atoms with E-state index in [0.29, 0.717) is 0 Å². The molecular formula is C22H19FN2. The second kappa shape index (κ2) is 6.52. The second-order valence-corrected chi connectivity index (χ2v) is 6.32. The minimum absolute atomic E-state index is 0.230. The number of aromatic nitrogens is 2. The predicted octanol–water partition coefficient (Wildman–Crippen LogP) is 5.39. The lowest BCUT2D eigenvalue weighted by Gasteiger charge is -2.10. The molecule has 2 nitrogen and oxygen atoms in total. The van der Waals surface area contributed by atoms with Gasteiger partial charge in [0.25, 0.3) is 0 Å². The summed E-state index contributed by atoms with van der Waals surface area (Å²) in [6.07, 6.45) is 0.925. The molecule has 0 bridgehead atoms. The van der Waals surface area contributed by atoms with E-state index in [9.17, 15) is 4.39 Å². The van der Waals surface area contributed by atoms with Gasteiger partial charge in [-0.1, -0.05) is 36.4 Å². The summed E-state index contributed by atoms with van der Waals surface area (Å²) in [7, 11) is 0. The number of hydrogen-bond acceptors (Lipinski definition) is 1. The number of aryl methyl sites for hydroxylation is 3. The second-order valence-electron chi connectivity index (χ2n) is 6.32. The maximum Gasteiger partial charge on any atom is 0.141 e. The van der Waals surface area contributed by atoms with Crippen LogP contribution in [0, 0.1) is 12.7 Å². The average molecular weight is 330 g/mol. The summed E-state index contributed by atoms with van der Waals surface area (Å²) in [6.45, 7) is 2.90. The summed E-state index contributed by atoms with van der Waals surface area (Å²) >= 11 is 0. The van der Waals surface area contributed by atoms with E-state index in [-0.39, 0.29) is 5.82 Å². The van der Waals surface area contributed by atoms with Crippen LogP contribution in [0.15, 0.2) is 72.8 Å². The van der Waals surface area contributed by atoms with Gasteiger partial charge in [-0.2, -0.15) is 0 Å². The number of nitrogens with zero attached hydrogens (tertiary/aromatic N) is 2. The fraction of sp³-hybridized carbons (Fsp3) is 0.136. The zero-order valence-electron chi connectivity index (χ0n) is 14.1. The maximum absolute atomic E-state index is 13.3. The van der Waals surface area contributed by atoms with Crippen LogP contribution in [0.1, 0.15) is 11.1 Å². The maximum atomic E-state index is 13.3. The highest BCUT2D eigenvalue weighted by molar-refractivity contribution is 5.81. The molecule has 4 rings (SSSR count). The van der Waals surface area contributed by atoms with Gasteiger partial charge >= 0.3 is 0 Å². The molecule has 4 aromatic rings. The Bertz CT molecular complexity index is 1000. The van der Waals surface area contributed by atoms with Gasteiger partial charge in [0.2, 0.25) is 0 Å². The van der Waals surface area contributed by atoms with Crippen molar-refractivity contribution in [2.24, 2.45) is 0 Å². The summed E-state index contributed by atoms with van der Waals surface area (Å²) in [5.41, 5.74) is 5.50. The van der Waals surface area contributed by atoms with Crippen LogP contribution in [0.5, 0.6) is 0 Å². The smallest absolute Gasteiger partial charge is 0.141 e. The van der Waals surface area contributed by atoms with Gasteiger partial charge in [-0.25, -0.2) is 9.37 Å². The van der Waals surface area contributed by atoms with E-state index in [1.165, 1.54) is 23.3 Å². The Kier molecular flexibility index (Phi) is 4.06. The molecule has 3 aromatic carbocycles. The van der Waals surface area contributed by atoms with E-state index < -0.39 is 0 Å². The number of halogens is 1. The molecule has 0 spiro atoms. The van der Waals surface area contributed by atoms with Gasteiger partial charge in [-0.15, -0.1) is 0 Å². The molecule has 1 heterocycles. The van der Waals surface area contributed by atoms with Crippen molar-refractivity contribution >= 4 is 11.0 Å². The Morgan fingerprint density at radius 2 is 1.68 bits per heavy atom. The van der Waals surface area contributed by atoms with E-state index >= 15 is 0 Å². The van der Waals surface area contributed by atoms with Crippen LogP contribution < -0.4 is 0 Å². The van der Waals surface area contributed by atoms with Gasteiger partial charge < -0.3 is 4.57 Å². The molecule has 25 heavy (non-hydrogen) atoms.